The second-order valence-corrected chi connectivity index (χ2v) is 6.03. The van der Waals surface area contributed by atoms with E-state index in [-0.39, 0.29) is 24.0 Å². The normalized spacial score (nSPS) is 15.5. The summed E-state index contributed by atoms with van der Waals surface area (Å²) >= 11 is 0. The van der Waals surface area contributed by atoms with Crippen LogP contribution in [-0.4, -0.2) is 34.1 Å². The molecule has 1 fully saturated rings. The number of methoxy groups -OCH3 is 1. The molecule has 0 unspecified atom stereocenters. The largest absolute Gasteiger partial charge is 0.497 e. The summed E-state index contributed by atoms with van der Waals surface area (Å²) in [6, 6.07) is 8.10. The van der Waals surface area contributed by atoms with Crippen molar-refractivity contribution in [1.29, 1.82) is 0 Å². The second-order valence-electron chi connectivity index (χ2n) is 6.03. The maximum absolute atomic E-state index is 5.97. The summed E-state index contributed by atoms with van der Waals surface area (Å²) in [5, 5.41) is 11.6. The molecule has 3 rings (SSSR count). The highest BCUT2D eigenvalue weighted by atomic mass is 127. The SMILES string of the molecule is COc1ccc(-n2cc(CN=C(N)NC3CCCCC3)nn2)cc1.I. The third kappa shape index (κ3) is 5.58. The molecule has 3 N–H and O–H groups in total. The second kappa shape index (κ2) is 9.59. The summed E-state index contributed by atoms with van der Waals surface area (Å²) in [7, 11) is 1.65. The maximum Gasteiger partial charge on any atom is 0.189 e. The van der Waals surface area contributed by atoms with Crippen LogP contribution in [-0.2, 0) is 6.54 Å². The summed E-state index contributed by atoms with van der Waals surface area (Å²) in [6.45, 7) is 0.418. The van der Waals surface area contributed by atoms with Crippen LogP contribution in [0, 0.1) is 0 Å². The lowest BCUT2D eigenvalue weighted by atomic mass is 9.96. The number of ether oxygens (including phenoxy) is 1. The predicted octanol–water partition coefficient (Wildman–Crippen LogP) is 2.63. The average molecular weight is 456 g/mol. The molecule has 0 aliphatic heterocycles. The molecule has 0 bridgehead atoms. The molecule has 1 aromatic carbocycles. The van der Waals surface area contributed by atoms with E-state index in [1.165, 1.54) is 32.1 Å². The molecule has 1 aromatic heterocycles. The van der Waals surface area contributed by atoms with Gasteiger partial charge in [-0.25, -0.2) is 9.67 Å². The standard InChI is InChI=1S/C17H24N6O.HI/c1-24-16-9-7-15(8-10-16)23-12-14(21-22-23)11-19-17(18)20-13-5-3-2-4-6-13;/h7-10,12-13H,2-6,11H2,1H3,(H3,18,19,20);1H. The predicted molar refractivity (Wildman–Crippen MR) is 109 cm³/mol. The van der Waals surface area contributed by atoms with Gasteiger partial charge in [-0.15, -0.1) is 29.1 Å². The number of nitrogens with zero attached hydrogens (tertiary/aromatic N) is 4. The Kier molecular flexibility index (Phi) is 7.48. The molecule has 1 aliphatic carbocycles. The van der Waals surface area contributed by atoms with Gasteiger partial charge in [0.1, 0.15) is 11.4 Å². The molecular weight excluding hydrogens is 431 g/mol. The van der Waals surface area contributed by atoms with Crippen LogP contribution in [0.15, 0.2) is 35.5 Å². The molecule has 0 atom stereocenters. The minimum absolute atomic E-state index is 0. The molecule has 2 aromatic rings. The number of guanidine groups is 1. The Morgan fingerprint density at radius 3 is 2.68 bits per heavy atom. The zero-order valence-electron chi connectivity index (χ0n) is 14.4. The van der Waals surface area contributed by atoms with Crippen molar-refractivity contribution in [3.05, 3.63) is 36.2 Å². The first-order valence-electron chi connectivity index (χ1n) is 8.37. The van der Waals surface area contributed by atoms with Crippen LogP contribution < -0.4 is 15.8 Å². The number of aliphatic imine (C=N–C) groups is 1. The highest BCUT2D eigenvalue weighted by Crippen LogP contribution is 2.17. The lowest BCUT2D eigenvalue weighted by Crippen LogP contribution is -2.41. The monoisotopic (exact) mass is 456 g/mol. The molecule has 0 saturated heterocycles. The Morgan fingerprint density at radius 2 is 2.00 bits per heavy atom. The van der Waals surface area contributed by atoms with Crippen molar-refractivity contribution in [3.8, 4) is 11.4 Å². The van der Waals surface area contributed by atoms with E-state index in [4.69, 9.17) is 10.5 Å². The first kappa shape index (κ1) is 19.5. The number of nitrogens with two attached hydrogens (primary N) is 1. The van der Waals surface area contributed by atoms with Gasteiger partial charge in [-0.05, 0) is 37.1 Å². The van der Waals surface area contributed by atoms with E-state index in [0.717, 1.165) is 17.1 Å². The van der Waals surface area contributed by atoms with Crippen LogP contribution >= 0.6 is 24.0 Å². The van der Waals surface area contributed by atoms with Crippen molar-refractivity contribution in [2.24, 2.45) is 10.7 Å². The van der Waals surface area contributed by atoms with Crippen molar-refractivity contribution < 1.29 is 4.74 Å². The summed E-state index contributed by atoms with van der Waals surface area (Å²) in [5.41, 5.74) is 7.67. The molecule has 0 radical (unpaired) electrons. The van der Waals surface area contributed by atoms with Gasteiger partial charge in [0.15, 0.2) is 5.96 Å². The lowest BCUT2D eigenvalue weighted by Gasteiger charge is -2.23. The van der Waals surface area contributed by atoms with Gasteiger partial charge in [-0.3, -0.25) is 0 Å². The lowest BCUT2D eigenvalue weighted by molar-refractivity contribution is 0.412. The average Bonchev–Trinajstić information content (AvgIpc) is 3.10. The van der Waals surface area contributed by atoms with Crippen LogP contribution in [0.3, 0.4) is 0 Å². The highest BCUT2D eigenvalue weighted by Gasteiger charge is 2.13. The number of aromatic nitrogens is 3. The smallest absolute Gasteiger partial charge is 0.189 e. The van der Waals surface area contributed by atoms with Gasteiger partial charge in [0.05, 0.1) is 25.5 Å². The van der Waals surface area contributed by atoms with E-state index < -0.39 is 0 Å². The highest BCUT2D eigenvalue weighted by molar-refractivity contribution is 14.0. The molecule has 1 aliphatic rings. The van der Waals surface area contributed by atoms with Crippen LogP contribution in [0.2, 0.25) is 0 Å². The van der Waals surface area contributed by atoms with E-state index in [2.05, 4.69) is 20.6 Å². The number of rotatable bonds is 5. The Hall–Kier alpha value is -1.84. The van der Waals surface area contributed by atoms with Crippen LogP contribution in [0.25, 0.3) is 5.69 Å². The van der Waals surface area contributed by atoms with Gasteiger partial charge in [0, 0.05) is 6.04 Å². The van der Waals surface area contributed by atoms with Gasteiger partial charge in [-0.1, -0.05) is 24.5 Å². The summed E-state index contributed by atoms with van der Waals surface area (Å²) < 4.78 is 6.87. The van der Waals surface area contributed by atoms with Crippen LogP contribution in [0.5, 0.6) is 5.75 Å². The first-order valence-corrected chi connectivity index (χ1v) is 8.37. The third-order valence-corrected chi connectivity index (χ3v) is 4.25. The zero-order chi connectivity index (χ0) is 16.8. The Bertz CT molecular complexity index is 679. The quantitative estimate of drug-likeness (QED) is 0.410. The fourth-order valence-corrected chi connectivity index (χ4v) is 2.90. The fourth-order valence-electron chi connectivity index (χ4n) is 2.90. The number of benzene rings is 1. The molecule has 8 heteroatoms. The summed E-state index contributed by atoms with van der Waals surface area (Å²) in [5.74, 6) is 1.30. The van der Waals surface area contributed by atoms with Gasteiger partial charge < -0.3 is 15.8 Å². The maximum atomic E-state index is 5.97. The molecule has 1 heterocycles. The molecule has 0 spiro atoms. The van der Waals surface area contributed by atoms with Gasteiger partial charge >= 0.3 is 0 Å². The minimum Gasteiger partial charge on any atom is -0.497 e. The van der Waals surface area contributed by atoms with Gasteiger partial charge in [0.25, 0.3) is 0 Å². The molecule has 0 amide bonds. The molecule has 7 nitrogen and oxygen atoms in total. The number of halogens is 1. The van der Waals surface area contributed by atoms with E-state index in [1.807, 2.05) is 30.5 Å². The molecule has 25 heavy (non-hydrogen) atoms. The van der Waals surface area contributed by atoms with Crippen molar-refractivity contribution in [2.75, 3.05) is 7.11 Å². The van der Waals surface area contributed by atoms with Crippen LogP contribution in [0.4, 0.5) is 0 Å². The van der Waals surface area contributed by atoms with Crippen molar-refractivity contribution in [2.45, 2.75) is 44.7 Å². The fraction of sp³-hybridized carbons (Fsp3) is 0.471. The Balaban J connectivity index is 0.00000225. The van der Waals surface area contributed by atoms with E-state index in [1.54, 1.807) is 11.8 Å². The van der Waals surface area contributed by atoms with E-state index in [9.17, 15) is 0 Å². The number of nitrogens with one attached hydrogen (secondary N) is 1. The number of hydrogen-bond donors (Lipinski definition) is 2. The third-order valence-electron chi connectivity index (χ3n) is 4.25. The summed E-state index contributed by atoms with van der Waals surface area (Å²) in [6.07, 6.45) is 8.05. The van der Waals surface area contributed by atoms with Gasteiger partial charge in [0.2, 0.25) is 0 Å². The van der Waals surface area contributed by atoms with Crippen molar-refractivity contribution >= 4 is 29.9 Å². The Labute approximate surface area is 165 Å². The minimum atomic E-state index is 0. The van der Waals surface area contributed by atoms with Crippen LogP contribution in [0.1, 0.15) is 37.8 Å². The van der Waals surface area contributed by atoms with Gasteiger partial charge in [-0.2, -0.15) is 0 Å². The molecule has 136 valence electrons. The summed E-state index contributed by atoms with van der Waals surface area (Å²) in [4.78, 5) is 4.37. The van der Waals surface area contributed by atoms with Crippen molar-refractivity contribution in [3.63, 3.8) is 0 Å². The zero-order valence-corrected chi connectivity index (χ0v) is 16.7. The van der Waals surface area contributed by atoms with E-state index >= 15 is 0 Å². The first-order chi connectivity index (χ1) is 11.7. The van der Waals surface area contributed by atoms with Crippen molar-refractivity contribution in [1.82, 2.24) is 20.3 Å². The van der Waals surface area contributed by atoms with E-state index in [0.29, 0.717) is 18.5 Å². The Morgan fingerprint density at radius 1 is 1.28 bits per heavy atom. The molecular formula is C17H25IN6O. The molecule has 1 saturated carbocycles. The topological polar surface area (TPSA) is 90.3 Å². The number of hydrogen-bond acceptors (Lipinski definition) is 4.